The predicted octanol–water partition coefficient (Wildman–Crippen LogP) is 4.57. The van der Waals surface area contributed by atoms with Crippen molar-refractivity contribution in [1.82, 2.24) is 4.98 Å². The molecule has 0 fully saturated rings. The minimum atomic E-state index is 0.354. The van der Waals surface area contributed by atoms with Gasteiger partial charge < -0.3 is 4.74 Å². The van der Waals surface area contributed by atoms with E-state index in [0.717, 1.165) is 11.1 Å². The molecule has 2 nitrogen and oxygen atoms in total. The van der Waals surface area contributed by atoms with Crippen LogP contribution in [-0.2, 0) is 5.88 Å². The van der Waals surface area contributed by atoms with E-state index in [1.165, 1.54) is 0 Å². The molecule has 0 radical (unpaired) electrons. The fourth-order valence-corrected chi connectivity index (χ4v) is 1.89. The number of ether oxygens (including phenoxy) is 1. The molecule has 2 aromatic rings. The lowest BCUT2D eigenvalue weighted by Crippen LogP contribution is -1.93. The van der Waals surface area contributed by atoms with Crippen LogP contribution in [0.1, 0.15) is 11.1 Å². The first kappa shape index (κ1) is 12.2. The summed E-state index contributed by atoms with van der Waals surface area (Å²) in [5.41, 5.74) is 1.92. The van der Waals surface area contributed by atoms with Crippen molar-refractivity contribution in [2.24, 2.45) is 0 Å². The predicted molar refractivity (Wildman–Crippen MR) is 70.1 cm³/mol. The Morgan fingerprint density at radius 2 is 2.12 bits per heavy atom. The summed E-state index contributed by atoms with van der Waals surface area (Å²) in [7, 11) is 0. The molecule has 0 amide bonds. The molecule has 4 heteroatoms. The van der Waals surface area contributed by atoms with Crippen LogP contribution in [0.4, 0.5) is 0 Å². The van der Waals surface area contributed by atoms with E-state index in [9.17, 15) is 0 Å². The van der Waals surface area contributed by atoms with Crippen LogP contribution in [0, 0.1) is 6.92 Å². The van der Waals surface area contributed by atoms with Crippen LogP contribution in [0.15, 0.2) is 36.5 Å². The van der Waals surface area contributed by atoms with Crippen molar-refractivity contribution in [3.05, 3.63) is 52.7 Å². The third kappa shape index (κ3) is 2.90. The van der Waals surface area contributed by atoms with Gasteiger partial charge >= 0.3 is 0 Å². The molecule has 0 atom stereocenters. The monoisotopic (exact) mass is 267 g/mol. The van der Waals surface area contributed by atoms with Gasteiger partial charge in [-0.05, 0) is 30.7 Å². The Morgan fingerprint density at radius 3 is 2.82 bits per heavy atom. The number of rotatable bonds is 3. The molecule has 88 valence electrons. The van der Waals surface area contributed by atoms with E-state index in [1.807, 2.05) is 37.3 Å². The van der Waals surface area contributed by atoms with Gasteiger partial charge in [-0.2, -0.15) is 0 Å². The van der Waals surface area contributed by atoms with Gasteiger partial charge in [-0.3, -0.25) is 0 Å². The first-order valence-electron chi connectivity index (χ1n) is 5.14. The summed E-state index contributed by atoms with van der Waals surface area (Å²) >= 11 is 11.9. The van der Waals surface area contributed by atoms with E-state index in [4.69, 9.17) is 27.9 Å². The van der Waals surface area contributed by atoms with Crippen molar-refractivity contribution in [3.63, 3.8) is 0 Å². The summed E-state index contributed by atoms with van der Waals surface area (Å²) < 4.78 is 5.66. The second-order valence-electron chi connectivity index (χ2n) is 3.64. The normalized spacial score (nSPS) is 10.3. The highest BCUT2D eigenvalue weighted by atomic mass is 35.5. The van der Waals surface area contributed by atoms with Crippen molar-refractivity contribution in [2.45, 2.75) is 12.8 Å². The van der Waals surface area contributed by atoms with Gasteiger partial charge in [-0.15, -0.1) is 11.6 Å². The SMILES string of the molecule is Cc1ccc(Oc2ncccc2CCl)c(Cl)c1. The van der Waals surface area contributed by atoms with Crippen LogP contribution in [0.25, 0.3) is 0 Å². The highest BCUT2D eigenvalue weighted by molar-refractivity contribution is 6.32. The lowest BCUT2D eigenvalue weighted by Gasteiger charge is -2.09. The van der Waals surface area contributed by atoms with Crippen LogP contribution in [-0.4, -0.2) is 4.98 Å². The summed E-state index contributed by atoms with van der Waals surface area (Å²) in [6.45, 7) is 1.97. The van der Waals surface area contributed by atoms with Crippen molar-refractivity contribution in [2.75, 3.05) is 0 Å². The van der Waals surface area contributed by atoms with Crippen LogP contribution in [0.5, 0.6) is 11.6 Å². The number of alkyl halides is 1. The standard InChI is InChI=1S/C13H11Cl2NO/c1-9-4-5-12(11(15)7-9)17-13-10(8-14)3-2-6-16-13/h2-7H,8H2,1H3. The quantitative estimate of drug-likeness (QED) is 0.760. The van der Waals surface area contributed by atoms with Crippen molar-refractivity contribution in [1.29, 1.82) is 0 Å². The molecule has 0 bridgehead atoms. The Balaban J connectivity index is 2.31. The molecule has 17 heavy (non-hydrogen) atoms. The van der Waals surface area contributed by atoms with Crippen molar-refractivity contribution in [3.8, 4) is 11.6 Å². The minimum absolute atomic E-state index is 0.354. The summed E-state index contributed by atoms with van der Waals surface area (Å²) in [6.07, 6.45) is 1.66. The van der Waals surface area contributed by atoms with Crippen LogP contribution in [0.2, 0.25) is 5.02 Å². The smallest absolute Gasteiger partial charge is 0.223 e. The second kappa shape index (κ2) is 5.39. The number of aryl methyl sites for hydroxylation is 1. The minimum Gasteiger partial charge on any atom is -0.437 e. The number of hydrogen-bond donors (Lipinski definition) is 0. The number of pyridine rings is 1. The molecule has 0 spiro atoms. The Bertz CT molecular complexity index is 529. The zero-order valence-corrected chi connectivity index (χ0v) is 10.8. The van der Waals surface area contributed by atoms with Gasteiger partial charge in [0.05, 0.1) is 10.9 Å². The zero-order chi connectivity index (χ0) is 12.3. The van der Waals surface area contributed by atoms with Gasteiger partial charge in [-0.1, -0.05) is 23.7 Å². The summed E-state index contributed by atoms with van der Waals surface area (Å²) in [5.74, 6) is 1.43. The highest BCUT2D eigenvalue weighted by Crippen LogP contribution is 2.30. The number of nitrogens with zero attached hydrogens (tertiary/aromatic N) is 1. The van der Waals surface area contributed by atoms with Crippen LogP contribution < -0.4 is 4.74 Å². The lowest BCUT2D eigenvalue weighted by atomic mass is 10.2. The Kier molecular flexibility index (Phi) is 3.87. The number of hydrogen-bond acceptors (Lipinski definition) is 2. The van der Waals surface area contributed by atoms with E-state index in [-0.39, 0.29) is 0 Å². The largest absolute Gasteiger partial charge is 0.437 e. The maximum atomic E-state index is 6.09. The fourth-order valence-electron chi connectivity index (χ4n) is 1.41. The molecule has 0 N–H and O–H groups in total. The van der Waals surface area contributed by atoms with Gasteiger partial charge in [0.2, 0.25) is 5.88 Å². The van der Waals surface area contributed by atoms with Crippen LogP contribution in [0.3, 0.4) is 0 Å². The topological polar surface area (TPSA) is 22.1 Å². The number of aromatic nitrogens is 1. The van der Waals surface area contributed by atoms with Crippen molar-refractivity contribution < 1.29 is 4.74 Å². The average molecular weight is 268 g/mol. The van der Waals surface area contributed by atoms with E-state index in [1.54, 1.807) is 6.20 Å². The van der Waals surface area contributed by atoms with Crippen molar-refractivity contribution >= 4 is 23.2 Å². The Morgan fingerprint density at radius 1 is 1.29 bits per heavy atom. The maximum absolute atomic E-state index is 6.09. The molecule has 1 aromatic heterocycles. The molecule has 0 unspecified atom stereocenters. The van der Waals surface area contributed by atoms with Gasteiger partial charge in [0, 0.05) is 11.8 Å². The summed E-state index contributed by atoms with van der Waals surface area (Å²) in [5, 5.41) is 0.566. The van der Waals surface area contributed by atoms with E-state index in [0.29, 0.717) is 22.5 Å². The van der Waals surface area contributed by atoms with Gasteiger partial charge in [-0.25, -0.2) is 4.98 Å². The Hall–Kier alpha value is -1.25. The van der Waals surface area contributed by atoms with Gasteiger partial charge in [0.1, 0.15) is 5.75 Å². The molecule has 1 heterocycles. The number of benzene rings is 1. The molecular formula is C13H11Cl2NO. The van der Waals surface area contributed by atoms with Gasteiger partial charge in [0.25, 0.3) is 0 Å². The average Bonchev–Trinajstić information content (AvgIpc) is 2.33. The van der Waals surface area contributed by atoms with E-state index >= 15 is 0 Å². The van der Waals surface area contributed by atoms with Crippen LogP contribution >= 0.6 is 23.2 Å². The lowest BCUT2D eigenvalue weighted by molar-refractivity contribution is 0.458. The number of halogens is 2. The molecule has 0 aliphatic carbocycles. The molecule has 2 rings (SSSR count). The molecule has 1 aromatic carbocycles. The van der Waals surface area contributed by atoms with Gasteiger partial charge in [0.15, 0.2) is 0 Å². The molecule has 0 saturated carbocycles. The first-order valence-corrected chi connectivity index (χ1v) is 6.06. The van der Waals surface area contributed by atoms with E-state index < -0.39 is 0 Å². The summed E-state index contributed by atoms with van der Waals surface area (Å²) in [6, 6.07) is 9.30. The third-order valence-corrected chi connectivity index (χ3v) is 2.87. The maximum Gasteiger partial charge on any atom is 0.223 e. The molecular weight excluding hydrogens is 257 g/mol. The highest BCUT2D eigenvalue weighted by Gasteiger charge is 2.07. The van der Waals surface area contributed by atoms with E-state index in [2.05, 4.69) is 4.98 Å². The summed E-state index contributed by atoms with van der Waals surface area (Å²) in [4.78, 5) is 4.14. The molecule has 0 aliphatic rings. The third-order valence-electron chi connectivity index (χ3n) is 2.29. The fraction of sp³-hybridized carbons (Fsp3) is 0.154. The zero-order valence-electron chi connectivity index (χ0n) is 9.28. The molecule has 0 saturated heterocycles. The second-order valence-corrected chi connectivity index (χ2v) is 4.31. The Labute approximate surface area is 110 Å². The first-order chi connectivity index (χ1) is 8.20. The molecule has 0 aliphatic heterocycles.